The molecule has 3 atom stereocenters. The number of rotatable bonds is 0. The Balaban J connectivity index is 2.15. The molecule has 0 heterocycles. The van der Waals surface area contributed by atoms with E-state index in [0.29, 0.717) is 10.8 Å². The zero-order chi connectivity index (χ0) is 11.3. The first-order valence-electron chi connectivity index (χ1n) is 6.45. The lowest BCUT2D eigenvalue weighted by molar-refractivity contribution is -0.0873. The van der Waals surface area contributed by atoms with E-state index < -0.39 is 5.60 Å². The second-order valence-electron chi connectivity index (χ2n) is 7.42. The SMILES string of the molecule is CC1(C)CC[C@@]2(C)CC[C@@](C)(O)C[C@@H]2C1. The summed E-state index contributed by atoms with van der Waals surface area (Å²) in [6.07, 6.45) is 7.27. The summed E-state index contributed by atoms with van der Waals surface area (Å²) in [7, 11) is 0. The molecular weight excluding hydrogens is 184 g/mol. The van der Waals surface area contributed by atoms with Crippen molar-refractivity contribution in [1.82, 2.24) is 0 Å². The van der Waals surface area contributed by atoms with Crippen molar-refractivity contribution in [2.24, 2.45) is 16.7 Å². The maximum absolute atomic E-state index is 10.2. The molecule has 0 bridgehead atoms. The Morgan fingerprint density at radius 3 is 2.13 bits per heavy atom. The van der Waals surface area contributed by atoms with Crippen LogP contribution in [-0.4, -0.2) is 10.7 Å². The Bertz CT molecular complexity index is 230. The van der Waals surface area contributed by atoms with Crippen molar-refractivity contribution in [1.29, 1.82) is 0 Å². The lowest BCUT2D eigenvalue weighted by Crippen LogP contribution is -2.47. The Morgan fingerprint density at radius 1 is 0.867 bits per heavy atom. The van der Waals surface area contributed by atoms with Gasteiger partial charge >= 0.3 is 0 Å². The molecule has 2 saturated carbocycles. The van der Waals surface area contributed by atoms with Gasteiger partial charge in [0, 0.05) is 0 Å². The number of fused-ring (bicyclic) bond motifs is 1. The van der Waals surface area contributed by atoms with Crippen LogP contribution in [0.5, 0.6) is 0 Å². The van der Waals surface area contributed by atoms with Crippen molar-refractivity contribution in [2.45, 2.75) is 71.8 Å². The van der Waals surface area contributed by atoms with Crippen LogP contribution in [0.2, 0.25) is 0 Å². The molecule has 2 rings (SSSR count). The van der Waals surface area contributed by atoms with E-state index in [2.05, 4.69) is 20.8 Å². The molecule has 2 fully saturated rings. The summed E-state index contributed by atoms with van der Waals surface area (Å²) in [6, 6.07) is 0. The van der Waals surface area contributed by atoms with E-state index in [4.69, 9.17) is 0 Å². The molecule has 0 amide bonds. The van der Waals surface area contributed by atoms with Crippen molar-refractivity contribution in [3.63, 3.8) is 0 Å². The second-order valence-corrected chi connectivity index (χ2v) is 7.42. The summed E-state index contributed by atoms with van der Waals surface area (Å²) in [5, 5.41) is 10.2. The molecule has 1 N–H and O–H groups in total. The largest absolute Gasteiger partial charge is 0.390 e. The topological polar surface area (TPSA) is 20.2 Å². The third-order valence-corrected chi connectivity index (χ3v) is 5.08. The lowest BCUT2D eigenvalue weighted by atomic mass is 9.53. The van der Waals surface area contributed by atoms with Crippen molar-refractivity contribution in [3.8, 4) is 0 Å². The van der Waals surface area contributed by atoms with Crippen molar-refractivity contribution in [3.05, 3.63) is 0 Å². The number of aliphatic hydroxyl groups is 1. The fraction of sp³-hybridized carbons (Fsp3) is 1.00. The normalized spacial score (nSPS) is 49.8. The summed E-state index contributed by atoms with van der Waals surface area (Å²) in [4.78, 5) is 0. The summed E-state index contributed by atoms with van der Waals surface area (Å²) < 4.78 is 0. The highest BCUT2D eigenvalue weighted by molar-refractivity contribution is 4.99. The van der Waals surface area contributed by atoms with E-state index in [1.807, 2.05) is 6.92 Å². The minimum atomic E-state index is -0.391. The summed E-state index contributed by atoms with van der Waals surface area (Å²) in [5.41, 5.74) is 0.632. The van der Waals surface area contributed by atoms with Gasteiger partial charge in [-0.25, -0.2) is 0 Å². The average Bonchev–Trinajstić information content (AvgIpc) is 2.07. The molecule has 1 nitrogen and oxygen atoms in total. The highest BCUT2D eigenvalue weighted by Gasteiger charge is 2.48. The van der Waals surface area contributed by atoms with Gasteiger partial charge in [0.1, 0.15) is 0 Å². The van der Waals surface area contributed by atoms with Crippen LogP contribution in [0.1, 0.15) is 66.2 Å². The van der Waals surface area contributed by atoms with Gasteiger partial charge in [-0.1, -0.05) is 20.8 Å². The van der Waals surface area contributed by atoms with Crippen LogP contribution in [0.15, 0.2) is 0 Å². The predicted molar refractivity (Wildman–Crippen MR) is 63.7 cm³/mol. The molecule has 0 aromatic heterocycles. The average molecular weight is 210 g/mol. The standard InChI is InChI=1S/C14H26O/c1-12(2)5-6-13(3)7-8-14(4,15)10-11(13)9-12/h11,15H,5-10H2,1-4H3/t11-,13-,14+/m0/s1. The van der Waals surface area contributed by atoms with Crippen molar-refractivity contribution < 1.29 is 5.11 Å². The molecule has 0 spiro atoms. The van der Waals surface area contributed by atoms with E-state index in [1.54, 1.807) is 0 Å². The molecule has 0 unspecified atom stereocenters. The van der Waals surface area contributed by atoms with Crippen LogP contribution in [0.3, 0.4) is 0 Å². The number of hydrogen-bond donors (Lipinski definition) is 1. The highest BCUT2D eigenvalue weighted by atomic mass is 16.3. The lowest BCUT2D eigenvalue weighted by Gasteiger charge is -2.53. The van der Waals surface area contributed by atoms with Gasteiger partial charge in [0.25, 0.3) is 0 Å². The zero-order valence-electron chi connectivity index (χ0n) is 10.8. The summed E-state index contributed by atoms with van der Waals surface area (Å²) in [6.45, 7) is 9.24. The minimum Gasteiger partial charge on any atom is -0.390 e. The van der Waals surface area contributed by atoms with Crippen molar-refractivity contribution in [2.75, 3.05) is 0 Å². The monoisotopic (exact) mass is 210 g/mol. The zero-order valence-corrected chi connectivity index (χ0v) is 10.8. The molecule has 15 heavy (non-hydrogen) atoms. The second kappa shape index (κ2) is 3.23. The molecule has 0 aliphatic heterocycles. The van der Waals surface area contributed by atoms with E-state index in [1.165, 1.54) is 25.7 Å². The highest BCUT2D eigenvalue weighted by Crippen LogP contribution is 2.56. The third kappa shape index (κ3) is 2.22. The molecule has 1 heteroatoms. The molecule has 0 aromatic carbocycles. The van der Waals surface area contributed by atoms with Gasteiger partial charge in [-0.3, -0.25) is 0 Å². The van der Waals surface area contributed by atoms with Gasteiger partial charge in [-0.05, 0) is 62.2 Å². The van der Waals surface area contributed by atoms with Crippen LogP contribution in [0.4, 0.5) is 0 Å². The smallest absolute Gasteiger partial charge is 0.0622 e. The molecule has 2 aliphatic carbocycles. The fourth-order valence-electron chi connectivity index (χ4n) is 3.68. The van der Waals surface area contributed by atoms with Gasteiger partial charge in [0.15, 0.2) is 0 Å². The third-order valence-electron chi connectivity index (χ3n) is 5.08. The van der Waals surface area contributed by atoms with Gasteiger partial charge < -0.3 is 5.11 Å². The predicted octanol–water partition coefficient (Wildman–Crippen LogP) is 3.75. The van der Waals surface area contributed by atoms with Gasteiger partial charge in [0.2, 0.25) is 0 Å². The van der Waals surface area contributed by atoms with Gasteiger partial charge in [0.05, 0.1) is 5.60 Å². The Hall–Kier alpha value is -0.0400. The van der Waals surface area contributed by atoms with Crippen LogP contribution in [-0.2, 0) is 0 Å². The van der Waals surface area contributed by atoms with Crippen LogP contribution < -0.4 is 0 Å². The van der Waals surface area contributed by atoms with Crippen LogP contribution in [0, 0.1) is 16.7 Å². The maximum Gasteiger partial charge on any atom is 0.0622 e. The molecule has 2 aliphatic rings. The van der Waals surface area contributed by atoms with E-state index in [-0.39, 0.29) is 0 Å². The quantitative estimate of drug-likeness (QED) is 0.645. The van der Waals surface area contributed by atoms with Gasteiger partial charge in [-0.15, -0.1) is 0 Å². The Labute approximate surface area is 94.3 Å². The summed E-state index contributed by atoms with van der Waals surface area (Å²) >= 11 is 0. The first kappa shape index (κ1) is 11.4. The van der Waals surface area contributed by atoms with E-state index in [0.717, 1.165) is 18.8 Å². The Kier molecular flexibility index (Phi) is 2.46. The first-order valence-corrected chi connectivity index (χ1v) is 6.45. The van der Waals surface area contributed by atoms with Crippen molar-refractivity contribution >= 4 is 0 Å². The molecular formula is C14H26O. The maximum atomic E-state index is 10.2. The van der Waals surface area contributed by atoms with E-state index >= 15 is 0 Å². The van der Waals surface area contributed by atoms with Crippen LogP contribution in [0.25, 0.3) is 0 Å². The fourth-order valence-corrected chi connectivity index (χ4v) is 3.68. The van der Waals surface area contributed by atoms with Gasteiger partial charge in [-0.2, -0.15) is 0 Å². The molecule has 0 saturated heterocycles. The molecule has 0 aromatic rings. The summed E-state index contributed by atoms with van der Waals surface area (Å²) in [5.74, 6) is 0.741. The molecule has 88 valence electrons. The number of hydrogen-bond acceptors (Lipinski definition) is 1. The Morgan fingerprint density at radius 2 is 1.47 bits per heavy atom. The van der Waals surface area contributed by atoms with E-state index in [9.17, 15) is 5.11 Å². The van der Waals surface area contributed by atoms with Crippen LogP contribution >= 0.6 is 0 Å². The minimum absolute atomic E-state index is 0.391. The first-order chi connectivity index (χ1) is 6.73. The molecule has 0 radical (unpaired) electrons.